The molecule has 0 amide bonds. The van der Waals surface area contributed by atoms with Crippen molar-refractivity contribution in [1.82, 2.24) is 0 Å². The molecule has 61 heavy (non-hydrogen) atoms. The van der Waals surface area contributed by atoms with E-state index in [9.17, 15) is 14.4 Å². The molecule has 6 aromatic carbocycles. The molecule has 2 heterocycles. The van der Waals surface area contributed by atoms with Gasteiger partial charge in [-0.25, -0.2) is 16.2 Å². The number of nitrogens with zero attached hydrogens (tertiary/aromatic N) is 4. The quantitative estimate of drug-likeness (QED) is 0.0591. The van der Waals surface area contributed by atoms with Gasteiger partial charge in [-0.1, -0.05) is 60.7 Å². The van der Waals surface area contributed by atoms with Crippen molar-refractivity contribution in [2.24, 2.45) is 0 Å². The third-order valence-corrected chi connectivity index (χ3v) is 9.47. The molecule has 0 spiro atoms. The van der Waals surface area contributed by atoms with Crippen LogP contribution in [0.3, 0.4) is 0 Å². The lowest BCUT2D eigenvalue weighted by Gasteiger charge is -2.19. The minimum absolute atomic E-state index is 0.320. The molecular formula is C50H38N4O7. The molecule has 2 N–H and O–H groups in total. The number of benzene rings is 6. The Morgan fingerprint density at radius 1 is 0.639 bits per heavy atom. The van der Waals surface area contributed by atoms with Gasteiger partial charge < -0.3 is 33.7 Å². The molecule has 8 rings (SSSR count). The highest BCUT2D eigenvalue weighted by molar-refractivity contribution is 5.97. The van der Waals surface area contributed by atoms with Crippen molar-refractivity contribution in [3.8, 4) is 28.7 Å². The SMILES string of the molecule is CN(c1ccccc1)c1ccc(-c2cc3ccc(C=C(C#N)C(=O)O)cc3o2)cc1.CN(c1ccccc1)c1ccc(-c2cc3ccc(C=O)cc3o2)cc1.[C-]#[N+]CC(=O)O. The molecule has 0 aliphatic heterocycles. The Balaban J connectivity index is 0.000000182. The van der Waals surface area contributed by atoms with E-state index in [0.29, 0.717) is 16.7 Å². The fraction of sp³-hybridized carbons (Fsp3) is 0.0600. The highest BCUT2D eigenvalue weighted by Gasteiger charge is 2.12. The van der Waals surface area contributed by atoms with E-state index in [2.05, 4.69) is 51.0 Å². The number of furan rings is 2. The summed E-state index contributed by atoms with van der Waals surface area (Å²) in [6.45, 7) is 5.56. The van der Waals surface area contributed by atoms with Crippen LogP contribution in [-0.4, -0.2) is 49.1 Å². The molecule has 0 fully saturated rings. The largest absolute Gasteiger partial charge is 0.477 e. The van der Waals surface area contributed by atoms with Crippen LogP contribution in [0.4, 0.5) is 22.7 Å². The van der Waals surface area contributed by atoms with Crippen LogP contribution in [0.15, 0.2) is 172 Å². The zero-order chi connectivity index (χ0) is 43.3. The van der Waals surface area contributed by atoms with E-state index in [-0.39, 0.29) is 5.57 Å². The Kier molecular flexibility index (Phi) is 13.5. The molecule has 300 valence electrons. The van der Waals surface area contributed by atoms with Gasteiger partial charge in [0.05, 0.1) is 0 Å². The normalized spacial score (nSPS) is 10.6. The third-order valence-electron chi connectivity index (χ3n) is 9.47. The molecule has 11 nitrogen and oxygen atoms in total. The van der Waals surface area contributed by atoms with Crippen molar-refractivity contribution in [3.05, 3.63) is 186 Å². The first-order valence-corrected chi connectivity index (χ1v) is 18.8. The molecule has 0 radical (unpaired) electrons. The second kappa shape index (κ2) is 19.7. The number of carbonyl (C=O) groups excluding carboxylic acids is 1. The topological polar surface area (TPSA) is 153 Å². The Labute approximate surface area is 351 Å². The first-order valence-electron chi connectivity index (χ1n) is 18.8. The summed E-state index contributed by atoms with van der Waals surface area (Å²) in [7, 11) is 4.07. The van der Waals surface area contributed by atoms with Crippen molar-refractivity contribution in [1.29, 1.82) is 5.26 Å². The number of aldehydes is 1. The summed E-state index contributed by atoms with van der Waals surface area (Å²) in [6, 6.07) is 53.1. The molecule has 0 bridgehead atoms. The highest BCUT2D eigenvalue weighted by atomic mass is 16.4. The first-order chi connectivity index (χ1) is 29.6. The molecule has 11 heteroatoms. The first kappa shape index (κ1) is 41.9. The van der Waals surface area contributed by atoms with E-state index in [1.807, 2.05) is 111 Å². The van der Waals surface area contributed by atoms with E-state index < -0.39 is 18.5 Å². The van der Waals surface area contributed by atoms with Crippen LogP contribution in [0.1, 0.15) is 15.9 Å². The minimum atomic E-state index is -1.25. The van der Waals surface area contributed by atoms with Gasteiger partial charge in [-0.15, -0.1) is 0 Å². The van der Waals surface area contributed by atoms with Gasteiger partial charge in [-0.3, -0.25) is 4.79 Å². The molecular weight excluding hydrogens is 769 g/mol. The molecule has 0 aliphatic carbocycles. The molecule has 0 saturated carbocycles. The predicted molar refractivity (Wildman–Crippen MR) is 238 cm³/mol. The number of anilines is 4. The molecule has 0 saturated heterocycles. The summed E-state index contributed by atoms with van der Waals surface area (Å²) in [5.74, 6) is -0.797. The second-order valence-electron chi connectivity index (χ2n) is 13.5. The van der Waals surface area contributed by atoms with E-state index in [1.54, 1.807) is 30.3 Å². The van der Waals surface area contributed by atoms with Crippen molar-refractivity contribution >= 4 is 69.0 Å². The number of rotatable bonds is 10. The van der Waals surface area contributed by atoms with Gasteiger partial charge in [0.2, 0.25) is 0 Å². The minimum Gasteiger partial charge on any atom is -0.477 e. The Bertz CT molecular complexity index is 2900. The summed E-state index contributed by atoms with van der Waals surface area (Å²) < 4.78 is 11.9. The number of nitriles is 1. The average molecular weight is 807 g/mol. The van der Waals surface area contributed by atoms with Crippen LogP contribution in [0, 0.1) is 17.9 Å². The van der Waals surface area contributed by atoms with Gasteiger partial charge in [-0.2, -0.15) is 5.26 Å². The number of para-hydroxylation sites is 2. The number of aliphatic carboxylic acids is 2. The second-order valence-corrected chi connectivity index (χ2v) is 13.5. The Hall–Kier alpha value is -8.67. The van der Waals surface area contributed by atoms with E-state index >= 15 is 0 Å². The number of fused-ring (bicyclic) bond motifs is 2. The lowest BCUT2D eigenvalue weighted by molar-refractivity contribution is -0.135. The molecule has 8 aromatic rings. The average Bonchev–Trinajstić information content (AvgIpc) is 3.93. The fourth-order valence-corrected chi connectivity index (χ4v) is 6.22. The summed E-state index contributed by atoms with van der Waals surface area (Å²) >= 11 is 0. The lowest BCUT2D eigenvalue weighted by atomic mass is 10.1. The van der Waals surface area contributed by atoms with Crippen molar-refractivity contribution in [3.63, 3.8) is 0 Å². The van der Waals surface area contributed by atoms with Gasteiger partial charge in [0, 0.05) is 64.3 Å². The van der Waals surface area contributed by atoms with Gasteiger partial charge in [0.1, 0.15) is 40.6 Å². The highest BCUT2D eigenvalue weighted by Crippen LogP contribution is 2.33. The Morgan fingerprint density at radius 3 is 1.44 bits per heavy atom. The maximum Gasteiger partial charge on any atom is 0.384 e. The van der Waals surface area contributed by atoms with E-state index in [0.717, 1.165) is 68.0 Å². The maximum atomic E-state index is 11.0. The standard InChI is InChI=1S/C25H18N2O3.C22H17NO2.C3H3NO2/c1-27(21-5-3-2-4-6-21)22-11-9-18(10-12-22)24-15-19-8-7-17(14-23(19)30-24)13-20(16-26)25(28)29;1-23(19-5-3-2-4-6-19)20-11-9-17(10-12-20)22-14-18-8-7-16(15-24)13-21(18)25-22;1-4-2-3(5)6/h2-15H,1H3,(H,28,29);2-15H,1H3;2H2,(H,5,6). The molecule has 2 aromatic heterocycles. The number of carboxylic acid groups (broad SMARTS) is 2. The van der Waals surface area contributed by atoms with Crippen LogP contribution in [-0.2, 0) is 9.59 Å². The predicted octanol–water partition coefficient (Wildman–Crippen LogP) is 11.5. The van der Waals surface area contributed by atoms with E-state index in [1.165, 1.54) is 6.08 Å². The van der Waals surface area contributed by atoms with Gasteiger partial charge in [0.15, 0.2) is 0 Å². The molecule has 0 unspecified atom stereocenters. The number of carbonyl (C=O) groups is 3. The van der Waals surface area contributed by atoms with Crippen molar-refractivity contribution < 1.29 is 33.4 Å². The van der Waals surface area contributed by atoms with Crippen LogP contribution in [0.25, 0.3) is 55.5 Å². The summed E-state index contributed by atoms with van der Waals surface area (Å²) in [5.41, 5.74) is 8.62. The van der Waals surface area contributed by atoms with Crippen LogP contribution >= 0.6 is 0 Å². The molecule has 0 atom stereocenters. The summed E-state index contributed by atoms with van der Waals surface area (Å²) in [6.07, 6.45) is 2.16. The monoisotopic (exact) mass is 806 g/mol. The van der Waals surface area contributed by atoms with Crippen LogP contribution in [0.5, 0.6) is 0 Å². The number of hydrogen-bond acceptors (Lipinski definition) is 8. The zero-order valence-corrected chi connectivity index (χ0v) is 33.1. The Morgan fingerprint density at radius 2 is 1.07 bits per heavy atom. The molecule has 0 aliphatic rings. The van der Waals surface area contributed by atoms with Gasteiger partial charge >= 0.3 is 18.5 Å². The number of carboxylic acids is 2. The number of hydrogen-bond donors (Lipinski definition) is 2. The van der Waals surface area contributed by atoms with Gasteiger partial charge in [-0.05, 0) is 109 Å². The lowest BCUT2D eigenvalue weighted by Crippen LogP contribution is -2.08. The zero-order valence-electron chi connectivity index (χ0n) is 33.1. The smallest absolute Gasteiger partial charge is 0.384 e. The van der Waals surface area contributed by atoms with Crippen molar-refractivity contribution in [2.75, 3.05) is 30.4 Å². The van der Waals surface area contributed by atoms with Crippen LogP contribution < -0.4 is 9.80 Å². The van der Waals surface area contributed by atoms with Crippen LogP contribution in [0.2, 0.25) is 0 Å². The maximum absolute atomic E-state index is 11.0. The summed E-state index contributed by atoms with van der Waals surface area (Å²) in [4.78, 5) is 38.2. The fourth-order valence-electron chi connectivity index (χ4n) is 6.22. The van der Waals surface area contributed by atoms with Crippen molar-refractivity contribution in [2.45, 2.75) is 0 Å². The van der Waals surface area contributed by atoms with E-state index in [4.69, 9.17) is 30.9 Å². The summed E-state index contributed by atoms with van der Waals surface area (Å²) in [5, 5.41) is 27.5. The van der Waals surface area contributed by atoms with Gasteiger partial charge in [0.25, 0.3) is 0 Å². The third kappa shape index (κ3) is 10.6.